The molecule has 0 saturated carbocycles. The molecule has 1 aromatic heterocycles. The number of rotatable bonds is 4. The van der Waals surface area contributed by atoms with E-state index < -0.39 is 5.97 Å². The average Bonchev–Trinajstić information content (AvgIpc) is 2.72. The molecule has 3 aromatic carbocycles. The van der Waals surface area contributed by atoms with E-state index in [1.807, 2.05) is 73.7 Å². The number of aromatic nitrogens is 1. The lowest BCUT2D eigenvalue weighted by Crippen LogP contribution is -2.22. The summed E-state index contributed by atoms with van der Waals surface area (Å²) in [6.45, 7) is 2.30. The molecule has 28 heavy (non-hydrogen) atoms. The Balaban J connectivity index is 1.77. The predicted molar refractivity (Wildman–Crippen MR) is 110 cm³/mol. The normalized spacial score (nSPS) is 10.8. The molecule has 0 saturated heterocycles. The molecule has 0 spiro atoms. The number of para-hydroxylation sites is 1. The summed E-state index contributed by atoms with van der Waals surface area (Å²) in [5.74, 6) is -0.193. The zero-order valence-corrected chi connectivity index (χ0v) is 15.5. The van der Waals surface area contributed by atoms with Crippen LogP contribution in [0.5, 0.6) is 5.75 Å². The van der Waals surface area contributed by atoms with Crippen LogP contribution in [0.4, 0.5) is 0 Å². The number of aryl methyl sites for hydroxylation is 1. The number of hydrogen-bond acceptors (Lipinski definition) is 3. The van der Waals surface area contributed by atoms with Crippen molar-refractivity contribution >= 4 is 16.9 Å². The van der Waals surface area contributed by atoms with Crippen LogP contribution in [0.25, 0.3) is 10.9 Å². The van der Waals surface area contributed by atoms with Gasteiger partial charge in [-0.1, -0.05) is 60.7 Å². The fourth-order valence-electron chi connectivity index (χ4n) is 3.27. The van der Waals surface area contributed by atoms with Crippen molar-refractivity contribution in [1.82, 2.24) is 4.57 Å². The van der Waals surface area contributed by atoms with Crippen molar-refractivity contribution in [1.29, 1.82) is 0 Å². The molecule has 0 radical (unpaired) electrons. The topological polar surface area (TPSA) is 48.3 Å². The highest BCUT2D eigenvalue weighted by atomic mass is 16.5. The van der Waals surface area contributed by atoms with Crippen molar-refractivity contribution in [2.75, 3.05) is 0 Å². The molecule has 0 fully saturated rings. The van der Waals surface area contributed by atoms with Gasteiger partial charge in [-0.3, -0.25) is 4.79 Å². The number of esters is 1. The Morgan fingerprint density at radius 3 is 2.36 bits per heavy atom. The lowest BCUT2D eigenvalue weighted by atomic mass is 10.1. The molecule has 138 valence electrons. The van der Waals surface area contributed by atoms with Crippen LogP contribution in [0.2, 0.25) is 0 Å². The van der Waals surface area contributed by atoms with Crippen molar-refractivity contribution < 1.29 is 9.53 Å². The summed E-state index contributed by atoms with van der Waals surface area (Å²) < 4.78 is 7.32. The lowest BCUT2D eigenvalue weighted by Gasteiger charge is -2.14. The van der Waals surface area contributed by atoms with Crippen molar-refractivity contribution in [3.8, 4) is 5.75 Å². The molecule has 4 heteroatoms. The molecule has 0 aliphatic heterocycles. The fourth-order valence-corrected chi connectivity index (χ4v) is 3.27. The maximum Gasteiger partial charge on any atom is 0.343 e. The van der Waals surface area contributed by atoms with Crippen LogP contribution in [0, 0.1) is 6.92 Å². The molecular formula is C24H19NO3. The van der Waals surface area contributed by atoms with Crippen molar-refractivity contribution in [2.45, 2.75) is 13.5 Å². The van der Waals surface area contributed by atoms with Gasteiger partial charge >= 0.3 is 5.97 Å². The zero-order chi connectivity index (χ0) is 19.5. The van der Waals surface area contributed by atoms with Crippen LogP contribution in [0.15, 0.2) is 89.7 Å². The summed E-state index contributed by atoms with van der Waals surface area (Å²) in [6, 6.07) is 25.9. The Bertz CT molecular complexity index is 1210. The smallest absolute Gasteiger partial charge is 0.343 e. The molecule has 0 aliphatic rings. The Morgan fingerprint density at radius 1 is 0.893 bits per heavy atom. The highest BCUT2D eigenvalue weighted by molar-refractivity contribution is 5.95. The SMILES string of the molecule is Cc1ccccc1C(=O)Oc1cc(=O)n(Cc2ccccc2)c2ccccc12. The number of nitrogens with zero attached hydrogens (tertiary/aromatic N) is 1. The van der Waals surface area contributed by atoms with Crippen LogP contribution >= 0.6 is 0 Å². The van der Waals surface area contributed by atoms with E-state index in [-0.39, 0.29) is 11.3 Å². The number of pyridine rings is 1. The molecule has 4 nitrogen and oxygen atoms in total. The van der Waals surface area contributed by atoms with E-state index in [4.69, 9.17) is 4.74 Å². The van der Waals surface area contributed by atoms with Crippen molar-refractivity contribution in [2.24, 2.45) is 0 Å². The van der Waals surface area contributed by atoms with E-state index in [0.29, 0.717) is 12.1 Å². The lowest BCUT2D eigenvalue weighted by molar-refractivity contribution is 0.0736. The minimum absolute atomic E-state index is 0.213. The van der Waals surface area contributed by atoms with Gasteiger partial charge < -0.3 is 9.30 Å². The van der Waals surface area contributed by atoms with Crippen LogP contribution in [0.3, 0.4) is 0 Å². The number of ether oxygens (including phenoxy) is 1. The Hall–Kier alpha value is -3.66. The van der Waals surface area contributed by atoms with Crippen LogP contribution in [-0.2, 0) is 6.54 Å². The van der Waals surface area contributed by atoms with Crippen molar-refractivity contribution in [3.63, 3.8) is 0 Å². The van der Waals surface area contributed by atoms with Gasteiger partial charge in [-0.2, -0.15) is 0 Å². The van der Waals surface area contributed by atoms with E-state index >= 15 is 0 Å². The number of carbonyl (C=O) groups is 1. The monoisotopic (exact) mass is 369 g/mol. The summed E-state index contributed by atoms with van der Waals surface area (Å²) in [6.07, 6.45) is 0. The molecule has 0 bridgehead atoms. The third kappa shape index (κ3) is 3.45. The number of benzene rings is 3. The third-order valence-electron chi connectivity index (χ3n) is 4.73. The summed E-state index contributed by atoms with van der Waals surface area (Å²) >= 11 is 0. The molecule has 0 N–H and O–H groups in total. The van der Waals surface area contributed by atoms with E-state index in [0.717, 1.165) is 22.0 Å². The first kappa shape index (κ1) is 17.7. The van der Waals surface area contributed by atoms with Gasteiger partial charge in [0.25, 0.3) is 5.56 Å². The highest BCUT2D eigenvalue weighted by Crippen LogP contribution is 2.25. The second-order valence-corrected chi connectivity index (χ2v) is 6.64. The van der Waals surface area contributed by atoms with Crippen LogP contribution < -0.4 is 10.3 Å². The van der Waals surface area contributed by atoms with Gasteiger partial charge in [0.2, 0.25) is 0 Å². The molecule has 0 aliphatic carbocycles. The van der Waals surface area contributed by atoms with Gasteiger partial charge in [-0.15, -0.1) is 0 Å². The van der Waals surface area contributed by atoms with Gasteiger partial charge in [0.05, 0.1) is 17.6 Å². The average molecular weight is 369 g/mol. The summed E-state index contributed by atoms with van der Waals surface area (Å²) in [7, 11) is 0. The third-order valence-corrected chi connectivity index (χ3v) is 4.73. The molecule has 0 amide bonds. The van der Waals surface area contributed by atoms with Crippen LogP contribution in [-0.4, -0.2) is 10.5 Å². The predicted octanol–water partition coefficient (Wildman–Crippen LogP) is 4.58. The van der Waals surface area contributed by atoms with E-state index in [1.54, 1.807) is 16.7 Å². The van der Waals surface area contributed by atoms with E-state index in [9.17, 15) is 9.59 Å². The molecule has 1 heterocycles. The summed E-state index contributed by atoms with van der Waals surface area (Å²) in [5, 5.41) is 0.722. The standard InChI is InChI=1S/C24H19NO3/c1-17-9-5-6-12-19(17)24(27)28-22-15-23(26)25(16-18-10-3-2-4-11-18)21-14-8-7-13-20(21)22/h2-15H,16H2,1H3. The number of hydrogen-bond donors (Lipinski definition) is 0. The minimum atomic E-state index is -0.469. The fraction of sp³-hybridized carbons (Fsp3) is 0.0833. The van der Waals surface area contributed by atoms with Gasteiger partial charge in [0.1, 0.15) is 5.75 Å². The second kappa shape index (κ2) is 7.53. The Labute approximate surface area is 162 Å². The largest absolute Gasteiger partial charge is 0.422 e. The molecule has 0 atom stereocenters. The molecule has 0 unspecified atom stereocenters. The number of fused-ring (bicyclic) bond motifs is 1. The van der Waals surface area contributed by atoms with E-state index in [2.05, 4.69) is 0 Å². The van der Waals surface area contributed by atoms with Gasteiger partial charge in [0.15, 0.2) is 0 Å². The van der Waals surface area contributed by atoms with Crippen LogP contribution in [0.1, 0.15) is 21.5 Å². The molecular weight excluding hydrogens is 350 g/mol. The minimum Gasteiger partial charge on any atom is -0.422 e. The Morgan fingerprint density at radius 2 is 1.57 bits per heavy atom. The first-order valence-electron chi connectivity index (χ1n) is 9.08. The maximum absolute atomic E-state index is 12.8. The maximum atomic E-state index is 12.8. The quantitative estimate of drug-likeness (QED) is 0.495. The number of carbonyl (C=O) groups excluding carboxylic acids is 1. The summed E-state index contributed by atoms with van der Waals surface area (Å²) in [4.78, 5) is 25.4. The summed E-state index contributed by atoms with van der Waals surface area (Å²) in [5.41, 5.74) is 2.86. The zero-order valence-electron chi connectivity index (χ0n) is 15.5. The van der Waals surface area contributed by atoms with Crippen molar-refractivity contribution in [3.05, 3.63) is 112 Å². The second-order valence-electron chi connectivity index (χ2n) is 6.64. The van der Waals surface area contributed by atoms with Gasteiger partial charge in [0, 0.05) is 11.5 Å². The molecule has 4 rings (SSSR count). The highest BCUT2D eigenvalue weighted by Gasteiger charge is 2.15. The first-order chi connectivity index (χ1) is 13.6. The molecule has 4 aromatic rings. The first-order valence-corrected chi connectivity index (χ1v) is 9.08. The van der Waals surface area contributed by atoms with E-state index in [1.165, 1.54) is 6.07 Å². The van der Waals surface area contributed by atoms with Gasteiger partial charge in [-0.05, 0) is 36.2 Å². The van der Waals surface area contributed by atoms with Gasteiger partial charge in [-0.25, -0.2) is 4.79 Å². The Kier molecular flexibility index (Phi) is 4.77.